The standard InChI is InChI=1S/C27H32F6N2O5S2/c1-25(29,24(36)37)15-40-21-11-23-20(10-22(21)41-19-12-27(32,33)13-19)35(17-6-4-16(28)5-7-17)14-18(8-9-26(2,30)31)34(3)42(23,38)39/h4-7,11,18-20H,8-10,12-15H2,1-3H3,(H,36,37)/t18-,20?,25?/m0/s1. The summed E-state index contributed by atoms with van der Waals surface area (Å²) in [6, 6.07) is 3.29. The van der Waals surface area contributed by atoms with E-state index in [2.05, 4.69) is 0 Å². The fourth-order valence-electron chi connectivity index (χ4n) is 5.03. The Balaban J connectivity index is 1.79. The number of fused-ring (bicyclic) bond motifs is 1. The Kier molecular flexibility index (Phi) is 8.98. The monoisotopic (exact) mass is 642 g/mol. The Morgan fingerprint density at radius 1 is 1.17 bits per heavy atom. The summed E-state index contributed by atoms with van der Waals surface area (Å²) < 4.78 is 118. The molecule has 2 fully saturated rings. The molecule has 3 atom stereocenters. The Morgan fingerprint density at radius 2 is 1.79 bits per heavy atom. The van der Waals surface area contributed by atoms with Gasteiger partial charge in [-0.05, 0) is 50.6 Å². The van der Waals surface area contributed by atoms with E-state index in [0.29, 0.717) is 10.6 Å². The number of allylic oxidation sites excluding steroid dienone is 1. The van der Waals surface area contributed by atoms with Gasteiger partial charge in [0.2, 0.25) is 27.5 Å². The second-order valence-electron chi connectivity index (χ2n) is 11.3. The third-order valence-corrected chi connectivity index (χ3v) is 11.0. The zero-order valence-electron chi connectivity index (χ0n) is 23.1. The van der Waals surface area contributed by atoms with E-state index in [1.165, 1.54) is 31.3 Å². The topological polar surface area (TPSA) is 87.2 Å². The molecule has 42 heavy (non-hydrogen) atoms. The van der Waals surface area contributed by atoms with Crippen molar-refractivity contribution in [2.75, 3.05) is 25.1 Å². The molecule has 1 aromatic carbocycles. The Labute approximate surface area is 244 Å². The first-order valence-corrected chi connectivity index (χ1v) is 15.5. The molecule has 234 valence electrons. The van der Waals surface area contributed by atoms with Gasteiger partial charge in [0.15, 0.2) is 0 Å². The predicted molar refractivity (Wildman–Crippen MR) is 146 cm³/mol. The summed E-state index contributed by atoms with van der Waals surface area (Å²) in [6.07, 6.45) is -0.670. The Morgan fingerprint density at radius 3 is 2.33 bits per heavy atom. The largest absolute Gasteiger partial charge is 0.489 e. The summed E-state index contributed by atoms with van der Waals surface area (Å²) in [6.45, 7) is 0.475. The fraction of sp³-hybridized carbons (Fsp3) is 0.593. The van der Waals surface area contributed by atoms with Crippen molar-refractivity contribution in [3.05, 3.63) is 51.7 Å². The van der Waals surface area contributed by atoms with Crippen LogP contribution in [0.3, 0.4) is 0 Å². The molecule has 2 unspecified atom stereocenters. The lowest BCUT2D eigenvalue weighted by Crippen LogP contribution is -2.43. The number of anilines is 1. The van der Waals surface area contributed by atoms with Gasteiger partial charge in [0.1, 0.15) is 18.2 Å². The molecule has 0 bridgehead atoms. The van der Waals surface area contributed by atoms with Crippen LogP contribution in [0.4, 0.5) is 32.0 Å². The van der Waals surface area contributed by atoms with E-state index >= 15 is 0 Å². The lowest BCUT2D eigenvalue weighted by Gasteiger charge is -2.39. The van der Waals surface area contributed by atoms with Crippen LogP contribution >= 0.6 is 11.8 Å². The SMILES string of the molecule is CN1[C@@H](CCC(C)(F)F)CN(c2ccc(F)cc2)C2CC(SC3CC(F)(F)C3)=C(OCC(C)(F)C(=O)O)C=C2S1(=O)=O. The predicted octanol–water partition coefficient (Wildman–Crippen LogP) is 5.94. The molecule has 0 radical (unpaired) electrons. The Hall–Kier alpha value is -2.39. The molecule has 1 saturated carbocycles. The van der Waals surface area contributed by atoms with Crippen molar-refractivity contribution in [3.8, 4) is 0 Å². The van der Waals surface area contributed by atoms with Crippen LogP contribution in [0.5, 0.6) is 0 Å². The number of hydrogen-bond acceptors (Lipinski definition) is 6. The van der Waals surface area contributed by atoms with Crippen LogP contribution in [0, 0.1) is 5.82 Å². The highest BCUT2D eigenvalue weighted by Gasteiger charge is 2.49. The van der Waals surface area contributed by atoms with Crippen molar-refractivity contribution in [1.82, 2.24) is 4.31 Å². The van der Waals surface area contributed by atoms with E-state index in [-0.39, 0.29) is 30.1 Å². The van der Waals surface area contributed by atoms with Gasteiger partial charge in [0.05, 0.1) is 10.9 Å². The summed E-state index contributed by atoms with van der Waals surface area (Å²) in [5, 5.41) is 8.63. The average Bonchev–Trinajstić information content (AvgIpc) is 2.93. The zero-order valence-corrected chi connectivity index (χ0v) is 24.8. The minimum absolute atomic E-state index is 0.0450. The van der Waals surface area contributed by atoms with Gasteiger partial charge < -0.3 is 14.7 Å². The molecule has 1 heterocycles. The molecule has 1 aliphatic heterocycles. The quantitative estimate of drug-likeness (QED) is 0.316. The van der Waals surface area contributed by atoms with E-state index in [9.17, 15) is 44.7 Å². The highest BCUT2D eigenvalue weighted by atomic mass is 32.2. The fourth-order valence-corrected chi connectivity index (χ4v) is 8.28. The molecule has 15 heteroatoms. The summed E-state index contributed by atoms with van der Waals surface area (Å²) >= 11 is 1.02. The third kappa shape index (κ3) is 7.21. The number of carboxylic acid groups (broad SMARTS) is 1. The van der Waals surface area contributed by atoms with E-state index in [4.69, 9.17) is 4.74 Å². The number of aliphatic carboxylic acids is 1. The van der Waals surface area contributed by atoms with Crippen molar-refractivity contribution in [2.24, 2.45) is 0 Å². The molecule has 1 N–H and O–H groups in total. The number of sulfonamides is 1. The van der Waals surface area contributed by atoms with Crippen LogP contribution in [0.2, 0.25) is 0 Å². The number of hydrogen-bond donors (Lipinski definition) is 1. The summed E-state index contributed by atoms with van der Waals surface area (Å²) in [4.78, 5) is 13.1. The number of carbonyl (C=O) groups is 1. The first-order chi connectivity index (χ1) is 19.3. The van der Waals surface area contributed by atoms with Crippen LogP contribution in [0.25, 0.3) is 0 Å². The van der Waals surface area contributed by atoms with Crippen LogP contribution in [0.1, 0.15) is 46.0 Å². The Bertz CT molecular complexity index is 1350. The second-order valence-corrected chi connectivity index (χ2v) is 14.7. The van der Waals surface area contributed by atoms with Gasteiger partial charge in [-0.25, -0.2) is 39.6 Å². The third-order valence-electron chi connectivity index (χ3n) is 7.61. The molecule has 2 aliphatic carbocycles. The average molecular weight is 643 g/mol. The van der Waals surface area contributed by atoms with Gasteiger partial charge in [-0.2, -0.15) is 4.31 Å². The van der Waals surface area contributed by atoms with E-state index in [1.807, 2.05) is 0 Å². The second kappa shape index (κ2) is 11.6. The van der Waals surface area contributed by atoms with Crippen molar-refractivity contribution < 1.29 is 49.4 Å². The van der Waals surface area contributed by atoms with Crippen molar-refractivity contribution in [2.45, 2.75) is 80.8 Å². The number of alkyl halides is 5. The van der Waals surface area contributed by atoms with Crippen molar-refractivity contribution in [3.63, 3.8) is 0 Å². The molecule has 0 spiro atoms. The maximum absolute atomic E-state index is 14.6. The van der Waals surface area contributed by atoms with Crippen LogP contribution < -0.4 is 4.90 Å². The van der Waals surface area contributed by atoms with Gasteiger partial charge in [0.25, 0.3) is 0 Å². The van der Waals surface area contributed by atoms with Gasteiger partial charge in [0, 0.05) is 61.2 Å². The van der Waals surface area contributed by atoms with E-state index < -0.39 is 82.5 Å². The summed E-state index contributed by atoms with van der Waals surface area (Å²) in [5.41, 5.74) is -2.44. The first-order valence-electron chi connectivity index (χ1n) is 13.2. The summed E-state index contributed by atoms with van der Waals surface area (Å²) in [7, 11) is -3.09. The van der Waals surface area contributed by atoms with Gasteiger partial charge in [-0.15, -0.1) is 11.8 Å². The lowest BCUT2D eigenvalue weighted by atomic mass is 9.94. The molecule has 3 aliphatic rings. The lowest BCUT2D eigenvalue weighted by molar-refractivity contribution is -0.152. The smallest absolute Gasteiger partial charge is 0.344 e. The molecular weight excluding hydrogens is 610 g/mol. The molecular formula is C27H32F6N2O5S2. The van der Waals surface area contributed by atoms with Gasteiger partial charge in [-0.3, -0.25) is 0 Å². The van der Waals surface area contributed by atoms with Crippen LogP contribution in [-0.4, -0.2) is 78.8 Å². The zero-order chi connectivity index (χ0) is 31.3. The number of halogens is 6. The molecule has 7 nitrogen and oxygen atoms in total. The number of likely N-dealkylation sites (N-methyl/N-ethyl adjacent to an activating group) is 1. The van der Waals surface area contributed by atoms with Crippen molar-refractivity contribution >= 4 is 33.4 Å². The first kappa shape index (κ1) is 32.5. The molecule has 1 saturated heterocycles. The normalized spacial score (nSPS) is 26.0. The highest BCUT2D eigenvalue weighted by molar-refractivity contribution is 8.03. The number of benzene rings is 1. The number of carboxylic acids is 1. The van der Waals surface area contributed by atoms with Gasteiger partial charge in [-0.1, -0.05) is 0 Å². The minimum atomic E-state index is -4.35. The number of ether oxygens (including phenoxy) is 1. The molecule has 4 rings (SSSR count). The van der Waals surface area contributed by atoms with E-state index in [0.717, 1.165) is 36.0 Å². The van der Waals surface area contributed by atoms with Gasteiger partial charge >= 0.3 is 5.97 Å². The highest BCUT2D eigenvalue weighted by Crippen LogP contribution is 2.50. The van der Waals surface area contributed by atoms with Crippen molar-refractivity contribution in [1.29, 1.82) is 0 Å². The maximum atomic E-state index is 14.6. The minimum Gasteiger partial charge on any atom is -0.489 e. The molecule has 0 aromatic heterocycles. The number of thioether (sulfide) groups is 1. The maximum Gasteiger partial charge on any atom is 0.344 e. The van der Waals surface area contributed by atoms with E-state index in [1.54, 1.807) is 4.90 Å². The van der Waals surface area contributed by atoms with Crippen LogP contribution in [-0.2, 0) is 19.6 Å². The number of rotatable bonds is 10. The summed E-state index contributed by atoms with van der Waals surface area (Å²) in [5.74, 6) is -8.45. The molecule has 1 aromatic rings. The molecule has 0 amide bonds. The van der Waals surface area contributed by atoms with Crippen LogP contribution in [0.15, 0.2) is 45.9 Å². The number of nitrogens with zero attached hydrogens (tertiary/aromatic N) is 2.